The predicted molar refractivity (Wildman–Crippen MR) is 86.9 cm³/mol. The molecule has 0 saturated carbocycles. The first-order valence-corrected chi connectivity index (χ1v) is 7.37. The molecule has 6 heteroatoms. The van der Waals surface area contributed by atoms with Crippen molar-refractivity contribution in [2.75, 3.05) is 0 Å². The van der Waals surface area contributed by atoms with Gasteiger partial charge in [0.25, 0.3) is 0 Å². The number of halogens is 1. The van der Waals surface area contributed by atoms with Crippen molar-refractivity contribution in [3.8, 4) is 29.1 Å². The number of aryl methyl sites for hydroxylation is 1. The number of rotatable bonds is 2. The van der Waals surface area contributed by atoms with Gasteiger partial charge in [-0.1, -0.05) is 5.92 Å². The predicted octanol–water partition coefficient (Wildman–Crippen LogP) is 3.10. The monoisotopic (exact) mass is 325 g/mol. The second kappa shape index (κ2) is 5.95. The van der Waals surface area contributed by atoms with Crippen molar-refractivity contribution in [3.63, 3.8) is 0 Å². The third kappa shape index (κ3) is 3.53. The van der Waals surface area contributed by atoms with E-state index in [9.17, 15) is 9.50 Å². The quantitative estimate of drug-likeness (QED) is 0.735. The molecule has 0 saturated heterocycles. The van der Waals surface area contributed by atoms with E-state index in [1.54, 1.807) is 49.7 Å². The summed E-state index contributed by atoms with van der Waals surface area (Å²) < 4.78 is 20.4. The van der Waals surface area contributed by atoms with Crippen LogP contribution in [0.4, 0.5) is 4.39 Å². The summed E-state index contributed by atoms with van der Waals surface area (Å²) in [7, 11) is 0. The van der Waals surface area contributed by atoms with Crippen LogP contribution in [0.2, 0.25) is 0 Å². The van der Waals surface area contributed by atoms with Gasteiger partial charge in [-0.3, -0.25) is 0 Å². The molecule has 0 spiro atoms. The Hall–Kier alpha value is -2.91. The number of aliphatic hydroxyl groups is 1. The van der Waals surface area contributed by atoms with Crippen LogP contribution in [0.15, 0.2) is 40.8 Å². The minimum atomic E-state index is -1.10. The minimum Gasteiger partial charge on any atom is -0.444 e. The zero-order valence-electron chi connectivity index (χ0n) is 13.5. The Kier molecular flexibility index (Phi) is 3.96. The molecule has 0 fully saturated rings. The SMILES string of the molecule is Cc1nc(-c2ccc(C#CC(C)(C)O)o2)n(-c2ccc(F)cc2)n1. The van der Waals surface area contributed by atoms with Crippen molar-refractivity contribution in [1.29, 1.82) is 0 Å². The largest absolute Gasteiger partial charge is 0.444 e. The Morgan fingerprint density at radius 1 is 1.17 bits per heavy atom. The highest BCUT2D eigenvalue weighted by atomic mass is 19.1. The number of aromatic nitrogens is 3. The lowest BCUT2D eigenvalue weighted by molar-refractivity contribution is 0.143. The Morgan fingerprint density at radius 3 is 2.54 bits per heavy atom. The summed E-state index contributed by atoms with van der Waals surface area (Å²) >= 11 is 0. The molecule has 0 atom stereocenters. The van der Waals surface area contributed by atoms with Gasteiger partial charge in [0.2, 0.25) is 0 Å². The van der Waals surface area contributed by atoms with Crippen LogP contribution in [0.3, 0.4) is 0 Å². The van der Waals surface area contributed by atoms with Crippen molar-refractivity contribution >= 4 is 0 Å². The second-order valence-corrected chi connectivity index (χ2v) is 5.84. The van der Waals surface area contributed by atoms with Gasteiger partial charge < -0.3 is 9.52 Å². The highest BCUT2D eigenvalue weighted by Crippen LogP contribution is 2.23. The van der Waals surface area contributed by atoms with Gasteiger partial charge in [0.1, 0.15) is 17.2 Å². The molecule has 0 radical (unpaired) electrons. The number of nitrogens with zero attached hydrogens (tertiary/aromatic N) is 3. The molecule has 0 unspecified atom stereocenters. The number of hydrogen-bond acceptors (Lipinski definition) is 4. The summed E-state index contributed by atoms with van der Waals surface area (Å²) in [4.78, 5) is 4.37. The highest BCUT2D eigenvalue weighted by Gasteiger charge is 2.15. The molecule has 5 nitrogen and oxygen atoms in total. The summed E-state index contributed by atoms with van der Waals surface area (Å²) in [6.07, 6.45) is 0. The van der Waals surface area contributed by atoms with Gasteiger partial charge in [-0.25, -0.2) is 14.1 Å². The summed E-state index contributed by atoms with van der Waals surface area (Å²) in [6, 6.07) is 9.39. The zero-order chi connectivity index (χ0) is 17.3. The van der Waals surface area contributed by atoms with Gasteiger partial charge in [-0.15, -0.1) is 0 Å². The van der Waals surface area contributed by atoms with Crippen LogP contribution >= 0.6 is 0 Å². The van der Waals surface area contributed by atoms with Crippen LogP contribution in [0.5, 0.6) is 0 Å². The Bertz CT molecular complexity index is 922. The molecule has 122 valence electrons. The third-order valence-electron chi connectivity index (χ3n) is 3.10. The van der Waals surface area contributed by atoms with Crippen molar-refractivity contribution in [2.45, 2.75) is 26.4 Å². The van der Waals surface area contributed by atoms with Crippen LogP contribution in [0.25, 0.3) is 17.3 Å². The highest BCUT2D eigenvalue weighted by molar-refractivity contribution is 5.53. The first-order valence-electron chi connectivity index (χ1n) is 7.37. The summed E-state index contributed by atoms with van der Waals surface area (Å²) in [5, 5.41) is 14.0. The fraction of sp³-hybridized carbons (Fsp3) is 0.222. The standard InChI is InChI=1S/C18H16FN3O2/c1-12-20-17(22(21-12)14-6-4-13(19)5-7-14)16-9-8-15(24-16)10-11-18(2,3)23/h4-9,23H,1-3H3. The van der Waals surface area contributed by atoms with Gasteiger partial charge in [0, 0.05) is 0 Å². The lowest BCUT2D eigenvalue weighted by Gasteiger charge is -2.05. The van der Waals surface area contributed by atoms with Crippen molar-refractivity contribution in [2.24, 2.45) is 0 Å². The van der Waals surface area contributed by atoms with Gasteiger partial charge in [-0.05, 0) is 63.1 Å². The van der Waals surface area contributed by atoms with E-state index in [0.29, 0.717) is 28.9 Å². The number of hydrogen-bond donors (Lipinski definition) is 1. The van der Waals surface area contributed by atoms with Crippen molar-refractivity contribution < 1.29 is 13.9 Å². The molecule has 24 heavy (non-hydrogen) atoms. The molecule has 0 aliphatic heterocycles. The summed E-state index contributed by atoms with van der Waals surface area (Å²) in [6.45, 7) is 4.96. The van der Waals surface area contributed by atoms with Crippen molar-refractivity contribution in [3.05, 3.63) is 53.8 Å². The second-order valence-electron chi connectivity index (χ2n) is 5.84. The van der Waals surface area contributed by atoms with Crippen LogP contribution in [0, 0.1) is 24.6 Å². The van der Waals surface area contributed by atoms with E-state index in [0.717, 1.165) is 0 Å². The smallest absolute Gasteiger partial charge is 0.199 e. The minimum absolute atomic E-state index is 0.320. The maximum atomic E-state index is 13.1. The van der Waals surface area contributed by atoms with E-state index in [-0.39, 0.29) is 5.82 Å². The third-order valence-corrected chi connectivity index (χ3v) is 3.10. The number of benzene rings is 1. The lowest BCUT2D eigenvalue weighted by Crippen LogP contribution is -2.14. The lowest BCUT2D eigenvalue weighted by atomic mass is 10.1. The molecule has 1 aromatic carbocycles. The first kappa shape index (κ1) is 16.0. The van der Waals surface area contributed by atoms with E-state index in [1.165, 1.54) is 12.1 Å². The molecule has 2 aromatic heterocycles. The van der Waals surface area contributed by atoms with E-state index < -0.39 is 5.60 Å². The molecule has 0 bridgehead atoms. The van der Waals surface area contributed by atoms with Crippen molar-refractivity contribution in [1.82, 2.24) is 14.8 Å². The topological polar surface area (TPSA) is 64.1 Å². The Balaban J connectivity index is 2.00. The summed E-state index contributed by atoms with van der Waals surface area (Å²) in [5.74, 6) is 7.10. The fourth-order valence-electron chi connectivity index (χ4n) is 2.08. The van der Waals surface area contributed by atoms with Gasteiger partial charge >= 0.3 is 0 Å². The van der Waals surface area contributed by atoms with Crippen LogP contribution < -0.4 is 0 Å². The first-order chi connectivity index (χ1) is 11.3. The van der Waals surface area contributed by atoms with Gasteiger partial charge in [-0.2, -0.15) is 5.10 Å². The molecule has 3 rings (SSSR count). The summed E-state index contributed by atoms with van der Waals surface area (Å²) in [5.41, 5.74) is -0.426. The molecule has 0 aliphatic rings. The average molecular weight is 325 g/mol. The zero-order valence-corrected chi connectivity index (χ0v) is 13.5. The fourth-order valence-corrected chi connectivity index (χ4v) is 2.08. The molecular weight excluding hydrogens is 309 g/mol. The Morgan fingerprint density at radius 2 is 1.88 bits per heavy atom. The normalized spacial score (nSPS) is 11.2. The van der Waals surface area contributed by atoms with Crippen LogP contribution in [0.1, 0.15) is 25.4 Å². The van der Waals surface area contributed by atoms with Gasteiger partial charge in [0.15, 0.2) is 17.3 Å². The van der Waals surface area contributed by atoms with E-state index in [1.807, 2.05) is 0 Å². The van der Waals surface area contributed by atoms with E-state index in [2.05, 4.69) is 21.9 Å². The molecular formula is C18H16FN3O2. The van der Waals surface area contributed by atoms with E-state index >= 15 is 0 Å². The van der Waals surface area contributed by atoms with E-state index in [4.69, 9.17) is 4.42 Å². The Labute approximate surface area is 138 Å². The number of furan rings is 1. The molecule has 0 amide bonds. The molecule has 1 N–H and O–H groups in total. The maximum Gasteiger partial charge on any atom is 0.199 e. The maximum absolute atomic E-state index is 13.1. The molecule has 3 aromatic rings. The van der Waals surface area contributed by atoms with Gasteiger partial charge in [0.05, 0.1) is 5.69 Å². The molecule has 2 heterocycles. The van der Waals surface area contributed by atoms with Crippen LogP contribution in [-0.4, -0.2) is 25.5 Å². The average Bonchev–Trinajstić information content (AvgIpc) is 3.11. The van der Waals surface area contributed by atoms with Crippen LogP contribution in [-0.2, 0) is 0 Å². The molecule has 0 aliphatic carbocycles.